The van der Waals surface area contributed by atoms with Gasteiger partial charge in [0.05, 0.1) is 5.02 Å². The molecule has 2 aliphatic rings. The number of nitrogens with one attached hydrogen (secondary N) is 1. The quantitative estimate of drug-likeness (QED) is 0.893. The number of carbonyl (C=O) groups excluding carboxylic acids is 2. The van der Waals surface area contributed by atoms with Crippen LogP contribution in [0.15, 0.2) is 23.4 Å². The highest BCUT2D eigenvalue weighted by Crippen LogP contribution is 2.40. The Balaban J connectivity index is 1.73. The van der Waals surface area contributed by atoms with Crippen molar-refractivity contribution in [2.24, 2.45) is 17.8 Å². The molecule has 1 amide bonds. The van der Waals surface area contributed by atoms with Gasteiger partial charge >= 0.3 is 0 Å². The summed E-state index contributed by atoms with van der Waals surface area (Å²) in [6.07, 6.45) is 5.92. The number of rotatable bonds is 3. The number of carbonyl (C=O) groups is 2. The molecule has 0 radical (unpaired) electrons. The molecule has 1 unspecified atom stereocenters. The molecule has 2 bridgehead atoms. The molecule has 0 spiro atoms. The van der Waals surface area contributed by atoms with Crippen molar-refractivity contribution in [1.29, 1.82) is 0 Å². The summed E-state index contributed by atoms with van der Waals surface area (Å²) in [4.78, 5) is 28.0. The van der Waals surface area contributed by atoms with Crippen LogP contribution in [0.5, 0.6) is 0 Å². The van der Waals surface area contributed by atoms with E-state index < -0.39 is 21.8 Å². The second-order valence-corrected chi connectivity index (χ2v) is 8.32. The summed E-state index contributed by atoms with van der Waals surface area (Å²) in [5.41, 5.74) is 0. The molecule has 8 heteroatoms. The van der Waals surface area contributed by atoms with Crippen LogP contribution in [0.25, 0.3) is 0 Å². The lowest BCUT2D eigenvalue weighted by Crippen LogP contribution is -2.44. The van der Waals surface area contributed by atoms with Gasteiger partial charge in [0.25, 0.3) is 10.0 Å². The predicted molar refractivity (Wildman–Crippen MR) is 83.1 cm³/mol. The number of hydrogen-bond acceptors (Lipinski definition) is 5. The molecule has 0 saturated heterocycles. The van der Waals surface area contributed by atoms with Crippen LogP contribution in [-0.2, 0) is 19.6 Å². The Kier molecular flexibility index (Phi) is 4.42. The van der Waals surface area contributed by atoms with E-state index in [0.717, 1.165) is 25.5 Å². The summed E-state index contributed by atoms with van der Waals surface area (Å²) in [5, 5.41) is 0.179. The molecular formula is C15H17ClN2O4S. The van der Waals surface area contributed by atoms with Crippen molar-refractivity contribution in [2.75, 3.05) is 0 Å². The number of Topliss-reactive ketones (excluding diaryl/α,β-unsaturated/α-hetero) is 1. The minimum atomic E-state index is -4.00. The average Bonchev–Trinajstić information content (AvgIpc) is 2.46. The monoisotopic (exact) mass is 356 g/mol. The van der Waals surface area contributed by atoms with Gasteiger partial charge in [-0.25, -0.2) is 13.1 Å². The maximum absolute atomic E-state index is 12.4. The van der Waals surface area contributed by atoms with Gasteiger partial charge in [-0.1, -0.05) is 18.0 Å². The van der Waals surface area contributed by atoms with Crippen LogP contribution in [0.2, 0.25) is 5.02 Å². The van der Waals surface area contributed by atoms with Crippen LogP contribution >= 0.6 is 11.6 Å². The first-order chi connectivity index (χ1) is 10.9. The zero-order chi connectivity index (χ0) is 16.6. The summed E-state index contributed by atoms with van der Waals surface area (Å²) in [7, 11) is -4.00. The first kappa shape index (κ1) is 16.4. The highest BCUT2D eigenvalue weighted by molar-refractivity contribution is 7.90. The van der Waals surface area contributed by atoms with Crippen LogP contribution < -0.4 is 4.72 Å². The normalized spacial score (nSPS) is 27.5. The molecule has 2 fully saturated rings. The van der Waals surface area contributed by atoms with E-state index in [-0.39, 0.29) is 27.5 Å². The van der Waals surface area contributed by atoms with E-state index >= 15 is 0 Å². The molecular weight excluding hydrogens is 340 g/mol. The van der Waals surface area contributed by atoms with Crippen molar-refractivity contribution >= 4 is 33.3 Å². The third-order valence-electron chi connectivity index (χ3n) is 4.64. The number of pyridine rings is 1. The lowest BCUT2D eigenvalue weighted by atomic mass is 9.67. The van der Waals surface area contributed by atoms with Crippen molar-refractivity contribution in [2.45, 2.75) is 37.0 Å². The first-order valence-corrected chi connectivity index (χ1v) is 9.44. The number of nitrogens with zero attached hydrogens (tertiary/aromatic N) is 1. The van der Waals surface area contributed by atoms with E-state index in [0.29, 0.717) is 12.8 Å². The summed E-state index contributed by atoms with van der Waals surface area (Å²) in [6, 6.07) is 1.24. The number of sulfonamides is 1. The minimum Gasteiger partial charge on any atom is -0.299 e. The van der Waals surface area contributed by atoms with Gasteiger partial charge in [-0.05, 0) is 31.7 Å². The molecule has 23 heavy (non-hydrogen) atoms. The Morgan fingerprint density at radius 2 is 1.87 bits per heavy atom. The first-order valence-electron chi connectivity index (χ1n) is 7.58. The number of fused-ring (bicyclic) bond motifs is 2. The van der Waals surface area contributed by atoms with Gasteiger partial charge in [-0.15, -0.1) is 0 Å². The third-order valence-corrected chi connectivity index (χ3v) is 6.16. The molecule has 1 aromatic rings. The molecule has 124 valence electrons. The molecule has 3 rings (SSSR count). The Morgan fingerprint density at radius 1 is 1.22 bits per heavy atom. The van der Waals surface area contributed by atoms with Gasteiger partial charge < -0.3 is 0 Å². The lowest BCUT2D eigenvalue weighted by molar-refractivity contribution is -0.137. The van der Waals surface area contributed by atoms with E-state index in [1.54, 1.807) is 0 Å². The maximum Gasteiger partial charge on any atom is 0.265 e. The Labute approximate surface area is 139 Å². The van der Waals surface area contributed by atoms with Crippen LogP contribution in [0.4, 0.5) is 0 Å². The standard InChI is InChI=1S/C15H17ClN2O4S/c16-12-6-13(8-17-7-12)23(21,22)18-15(20)11-4-9-2-1-3-10(5-11)14(9)19/h6-11H,1-5H2,(H,18,20)/t9-,10+,11?. The fourth-order valence-electron chi connectivity index (χ4n) is 3.51. The molecule has 6 nitrogen and oxygen atoms in total. The van der Waals surface area contributed by atoms with Gasteiger partial charge in [0.1, 0.15) is 10.7 Å². The van der Waals surface area contributed by atoms with Crippen molar-refractivity contribution in [3.8, 4) is 0 Å². The van der Waals surface area contributed by atoms with Crippen molar-refractivity contribution in [3.05, 3.63) is 23.5 Å². The van der Waals surface area contributed by atoms with Gasteiger partial charge in [-0.2, -0.15) is 0 Å². The number of amides is 1. The number of hydrogen-bond donors (Lipinski definition) is 1. The Bertz CT molecular complexity index is 734. The van der Waals surface area contributed by atoms with Crippen LogP contribution in [0, 0.1) is 17.8 Å². The molecule has 0 aromatic carbocycles. The molecule has 1 heterocycles. The van der Waals surface area contributed by atoms with Gasteiger partial charge in [-0.3, -0.25) is 14.6 Å². The average molecular weight is 357 g/mol. The van der Waals surface area contributed by atoms with Gasteiger partial charge in [0.15, 0.2) is 0 Å². The zero-order valence-electron chi connectivity index (χ0n) is 12.4. The summed E-state index contributed by atoms with van der Waals surface area (Å²) in [5.74, 6) is -0.955. The molecule has 0 aliphatic heterocycles. The smallest absolute Gasteiger partial charge is 0.265 e. The van der Waals surface area contributed by atoms with E-state index in [9.17, 15) is 18.0 Å². The fourth-order valence-corrected chi connectivity index (χ4v) is 4.78. The molecule has 3 atom stereocenters. The largest absolute Gasteiger partial charge is 0.299 e. The molecule has 1 N–H and O–H groups in total. The number of aromatic nitrogens is 1. The highest BCUT2D eigenvalue weighted by Gasteiger charge is 2.41. The van der Waals surface area contributed by atoms with Crippen molar-refractivity contribution < 1.29 is 18.0 Å². The topological polar surface area (TPSA) is 93.2 Å². The second kappa shape index (κ2) is 6.20. The van der Waals surface area contributed by atoms with Crippen molar-refractivity contribution in [3.63, 3.8) is 0 Å². The minimum absolute atomic E-state index is 0.103. The second-order valence-electron chi connectivity index (χ2n) is 6.20. The van der Waals surface area contributed by atoms with E-state index in [4.69, 9.17) is 11.6 Å². The predicted octanol–water partition coefficient (Wildman–Crippen LogP) is 1.94. The molecule has 2 saturated carbocycles. The lowest BCUT2D eigenvalue weighted by Gasteiger charge is -2.36. The fraction of sp³-hybridized carbons (Fsp3) is 0.533. The zero-order valence-corrected chi connectivity index (χ0v) is 13.9. The van der Waals surface area contributed by atoms with Gasteiger partial charge in [0.2, 0.25) is 5.91 Å². The Morgan fingerprint density at radius 3 is 2.48 bits per heavy atom. The van der Waals surface area contributed by atoms with E-state index in [2.05, 4.69) is 9.71 Å². The third kappa shape index (κ3) is 3.40. The molecule has 2 aliphatic carbocycles. The van der Waals surface area contributed by atoms with Gasteiger partial charge in [0, 0.05) is 30.1 Å². The van der Waals surface area contributed by atoms with Crippen molar-refractivity contribution in [1.82, 2.24) is 9.71 Å². The van der Waals surface area contributed by atoms with E-state index in [1.807, 2.05) is 0 Å². The van der Waals surface area contributed by atoms with Crippen LogP contribution in [0.1, 0.15) is 32.1 Å². The number of ketones is 1. The van der Waals surface area contributed by atoms with E-state index in [1.165, 1.54) is 12.3 Å². The van der Waals surface area contributed by atoms with Crippen LogP contribution in [-0.4, -0.2) is 25.1 Å². The summed E-state index contributed by atoms with van der Waals surface area (Å²) in [6.45, 7) is 0. The number of halogens is 1. The summed E-state index contributed by atoms with van der Waals surface area (Å²) >= 11 is 5.74. The Hall–Kier alpha value is -1.47. The highest BCUT2D eigenvalue weighted by atomic mass is 35.5. The van der Waals surface area contributed by atoms with Crippen LogP contribution in [0.3, 0.4) is 0 Å². The SMILES string of the molecule is O=C(NS(=O)(=O)c1cncc(Cl)c1)C1C[C@H]2CCC[C@@H](C1)C2=O. The summed E-state index contributed by atoms with van der Waals surface area (Å²) < 4.78 is 26.6. The molecule has 1 aromatic heterocycles. The maximum atomic E-state index is 12.4.